The third-order valence-corrected chi connectivity index (χ3v) is 4.89. The van der Waals surface area contributed by atoms with Gasteiger partial charge in [-0.05, 0) is 51.7 Å². The summed E-state index contributed by atoms with van der Waals surface area (Å²) in [5.74, 6) is 0.0467. The number of amides is 1. The molecule has 0 N–H and O–H groups in total. The van der Waals surface area contributed by atoms with Crippen LogP contribution in [0.5, 0.6) is 0 Å². The maximum Gasteiger partial charge on any atom is 0.314 e. The topological polar surface area (TPSA) is 59.5 Å². The lowest BCUT2D eigenvalue weighted by atomic mass is 9.80. The second-order valence-electron chi connectivity index (χ2n) is 7.67. The highest BCUT2D eigenvalue weighted by Crippen LogP contribution is 2.50. The smallest absolute Gasteiger partial charge is 0.314 e. The molecule has 0 aromatic carbocycles. The van der Waals surface area contributed by atoms with Crippen molar-refractivity contribution in [3.8, 4) is 0 Å². The third kappa shape index (κ3) is 2.96. The van der Waals surface area contributed by atoms with Gasteiger partial charge in [-0.2, -0.15) is 0 Å². The highest BCUT2D eigenvalue weighted by Gasteiger charge is 2.57. The van der Waals surface area contributed by atoms with Gasteiger partial charge in [-0.25, -0.2) is 0 Å². The molecule has 1 aromatic heterocycles. The van der Waals surface area contributed by atoms with Crippen LogP contribution in [-0.4, -0.2) is 40.5 Å². The minimum absolute atomic E-state index is 0.0234. The molecule has 2 atom stereocenters. The number of likely N-dealkylation sites (tertiary alicyclic amines) is 1. The van der Waals surface area contributed by atoms with E-state index < -0.39 is 11.0 Å². The summed E-state index contributed by atoms with van der Waals surface area (Å²) in [6.07, 6.45) is 6.06. The first-order valence-corrected chi connectivity index (χ1v) is 8.25. The lowest BCUT2D eigenvalue weighted by molar-refractivity contribution is -0.168. The van der Waals surface area contributed by atoms with E-state index in [1.165, 1.54) is 0 Å². The van der Waals surface area contributed by atoms with Crippen molar-refractivity contribution in [2.24, 2.45) is 11.3 Å². The molecule has 1 aliphatic carbocycles. The first-order chi connectivity index (χ1) is 10.8. The van der Waals surface area contributed by atoms with Crippen molar-refractivity contribution in [3.63, 3.8) is 0 Å². The van der Waals surface area contributed by atoms with Gasteiger partial charge >= 0.3 is 5.97 Å². The number of carbonyl (C=O) groups excluding carboxylic acids is 2. The predicted molar refractivity (Wildman–Crippen MR) is 85.8 cm³/mol. The molecule has 2 aliphatic rings. The molecule has 1 amide bonds. The van der Waals surface area contributed by atoms with Crippen LogP contribution in [0, 0.1) is 11.3 Å². The fourth-order valence-electron chi connectivity index (χ4n) is 3.83. The molecule has 1 saturated carbocycles. The molecule has 2 heterocycles. The van der Waals surface area contributed by atoms with Crippen molar-refractivity contribution < 1.29 is 14.3 Å². The quantitative estimate of drug-likeness (QED) is 0.787. The number of esters is 1. The van der Waals surface area contributed by atoms with Crippen LogP contribution >= 0.6 is 0 Å². The number of rotatable bonds is 2. The fraction of sp³-hybridized carbons (Fsp3) is 0.611. The van der Waals surface area contributed by atoms with E-state index in [1.807, 2.05) is 25.7 Å². The molecule has 0 spiro atoms. The third-order valence-electron chi connectivity index (χ3n) is 4.89. The highest BCUT2D eigenvalue weighted by molar-refractivity contribution is 5.95. The second-order valence-corrected chi connectivity index (χ2v) is 7.67. The van der Waals surface area contributed by atoms with Crippen molar-refractivity contribution in [3.05, 3.63) is 30.1 Å². The Bertz CT molecular complexity index is 608. The number of fused-ring (bicyclic) bond motifs is 1. The number of aromatic nitrogens is 1. The number of ether oxygens (including phenoxy) is 1. The first-order valence-electron chi connectivity index (χ1n) is 8.25. The van der Waals surface area contributed by atoms with Gasteiger partial charge in [0.25, 0.3) is 5.91 Å². The predicted octanol–water partition coefficient (Wildman–Crippen LogP) is 2.67. The van der Waals surface area contributed by atoms with E-state index in [1.54, 1.807) is 24.5 Å². The van der Waals surface area contributed by atoms with Crippen LogP contribution in [0.25, 0.3) is 0 Å². The molecular formula is C18H24N2O3. The molecule has 3 rings (SSSR count). The monoisotopic (exact) mass is 316 g/mol. The minimum Gasteiger partial charge on any atom is -0.459 e. The second kappa shape index (κ2) is 5.62. The summed E-state index contributed by atoms with van der Waals surface area (Å²) in [6.45, 7) is 6.77. The standard InChI is InChI=1S/C18H24N2O3/c1-17(2,3)23-16(22)18-8-4-5-14(18)11-20(12-18)15(21)13-6-9-19-10-7-13/h6-7,9-10,14H,4-5,8,11-12H2,1-3H3/t14-,18+/m0/s1. The molecule has 0 radical (unpaired) electrons. The Hall–Kier alpha value is -1.91. The van der Waals surface area contributed by atoms with Gasteiger partial charge in [-0.15, -0.1) is 0 Å². The Balaban J connectivity index is 1.80. The van der Waals surface area contributed by atoms with E-state index in [-0.39, 0.29) is 17.8 Å². The van der Waals surface area contributed by atoms with E-state index >= 15 is 0 Å². The van der Waals surface area contributed by atoms with Crippen molar-refractivity contribution in [2.75, 3.05) is 13.1 Å². The van der Waals surface area contributed by atoms with E-state index in [9.17, 15) is 9.59 Å². The van der Waals surface area contributed by atoms with Crippen LogP contribution in [0.3, 0.4) is 0 Å². The zero-order valence-electron chi connectivity index (χ0n) is 14.0. The molecule has 5 heteroatoms. The summed E-state index contributed by atoms with van der Waals surface area (Å²) >= 11 is 0. The van der Waals surface area contributed by atoms with E-state index in [4.69, 9.17) is 4.74 Å². The number of hydrogen-bond donors (Lipinski definition) is 0. The molecular weight excluding hydrogens is 292 g/mol. The Morgan fingerprint density at radius 3 is 2.65 bits per heavy atom. The van der Waals surface area contributed by atoms with E-state index in [0.29, 0.717) is 18.7 Å². The SMILES string of the molecule is CC(C)(C)OC(=O)[C@@]12CCC[C@H]1CN(C(=O)c1ccncc1)C2. The number of nitrogens with zero attached hydrogens (tertiary/aromatic N) is 2. The molecule has 1 aromatic rings. The zero-order chi connectivity index (χ0) is 16.7. The fourth-order valence-corrected chi connectivity index (χ4v) is 3.83. The molecule has 23 heavy (non-hydrogen) atoms. The van der Waals surface area contributed by atoms with Crippen LogP contribution in [-0.2, 0) is 9.53 Å². The van der Waals surface area contributed by atoms with Gasteiger partial charge in [-0.3, -0.25) is 14.6 Å². The van der Waals surface area contributed by atoms with Gasteiger partial charge in [0, 0.05) is 31.0 Å². The van der Waals surface area contributed by atoms with Gasteiger partial charge in [0.1, 0.15) is 5.60 Å². The lowest BCUT2D eigenvalue weighted by Gasteiger charge is -2.31. The van der Waals surface area contributed by atoms with Gasteiger partial charge in [-0.1, -0.05) is 6.42 Å². The van der Waals surface area contributed by atoms with Crippen LogP contribution < -0.4 is 0 Å². The number of carbonyl (C=O) groups is 2. The summed E-state index contributed by atoms with van der Waals surface area (Å²) in [7, 11) is 0. The Morgan fingerprint density at radius 1 is 1.30 bits per heavy atom. The van der Waals surface area contributed by atoms with Crippen LogP contribution in [0.1, 0.15) is 50.4 Å². The van der Waals surface area contributed by atoms with Crippen molar-refractivity contribution in [1.29, 1.82) is 0 Å². The van der Waals surface area contributed by atoms with Crippen molar-refractivity contribution in [2.45, 2.75) is 45.6 Å². The summed E-state index contributed by atoms with van der Waals surface area (Å²) in [6, 6.07) is 3.44. The molecule has 0 unspecified atom stereocenters. The molecule has 0 bridgehead atoms. The average Bonchev–Trinajstić information content (AvgIpc) is 3.03. The Morgan fingerprint density at radius 2 is 2.00 bits per heavy atom. The highest BCUT2D eigenvalue weighted by atomic mass is 16.6. The Labute approximate surface area is 137 Å². The number of pyridine rings is 1. The number of hydrogen-bond acceptors (Lipinski definition) is 4. The molecule has 5 nitrogen and oxygen atoms in total. The van der Waals surface area contributed by atoms with Crippen LogP contribution in [0.2, 0.25) is 0 Å². The van der Waals surface area contributed by atoms with E-state index in [2.05, 4.69) is 4.98 Å². The Kier molecular flexibility index (Phi) is 3.90. The largest absolute Gasteiger partial charge is 0.459 e. The average molecular weight is 316 g/mol. The van der Waals surface area contributed by atoms with Crippen molar-refractivity contribution >= 4 is 11.9 Å². The van der Waals surface area contributed by atoms with Gasteiger partial charge < -0.3 is 9.64 Å². The maximum absolute atomic E-state index is 12.8. The molecule has 1 aliphatic heterocycles. The maximum atomic E-state index is 12.8. The van der Waals surface area contributed by atoms with Gasteiger partial charge in [0.15, 0.2) is 0 Å². The zero-order valence-corrected chi connectivity index (χ0v) is 14.0. The normalized spacial score (nSPS) is 26.9. The first kappa shape index (κ1) is 16.0. The summed E-state index contributed by atoms with van der Waals surface area (Å²) in [5, 5.41) is 0. The lowest BCUT2D eigenvalue weighted by Crippen LogP contribution is -2.41. The van der Waals surface area contributed by atoms with Crippen LogP contribution in [0.4, 0.5) is 0 Å². The van der Waals surface area contributed by atoms with Gasteiger partial charge in [0.2, 0.25) is 0 Å². The minimum atomic E-state index is -0.518. The summed E-state index contributed by atoms with van der Waals surface area (Å²) in [5.41, 5.74) is -0.392. The van der Waals surface area contributed by atoms with Gasteiger partial charge in [0.05, 0.1) is 5.41 Å². The molecule has 124 valence electrons. The van der Waals surface area contributed by atoms with Crippen molar-refractivity contribution in [1.82, 2.24) is 9.88 Å². The van der Waals surface area contributed by atoms with Crippen LogP contribution in [0.15, 0.2) is 24.5 Å². The summed E-state index contributed by atoms with van der Waals surface area (Å²) in [4.78, 5) is 31.2. The molecule has 2 fully saturated rings. The molecule has 1 saturated heterocycles. The van der Waals surface area contributed by atoms with E-state index in [0.717, 1.165) is 19.3 Å². The summed E-state index contributed by atoms with van der Waals surface area (Å²) < 4.78 is 5.67.